The topological polar surface area (TPSA) is 52.6 Å². The number of hydrogen-bond donors (Lipinski definition) is 0. The molecule has 4 nitrogen and oxygen atoms in total. The van der Waals surface area contributed by atoms with Gasteiger partial charge in [-0.3, -0.25) is 0 Å². The molecule has 1 unspecified atom stereocenters. The summed E-state index contributed by atoms with van der Waals surface area (Å²) in [6, 6.07) is 0. The second kappa shape index (κ2) is 6.87. The third-order valence-corrected chi connectivity index (χ3v) is 6.77. The highest BCUT2D eigenvalue weighted by atomic mass is 32.2. The minimum Gasteiger partial charge on any atom is -0.353 e. The molecule has 1 aliphatic heterocycles. The van der Waals surface area contributed by atoms with Gasteiger partial charge < -0.3 is 9.47 Å². The van der Waals surface area contributed by atoms with Crippen molar-refractivity contribution in [2.75, 3.05) is 19.0 Å². The summed E-state index contributed by atoms with van der Waals surface area (Å²) in [6.45, 7) is 6.51. The predicted octanol–water partition coefficient (Wildman–Crippen LogP) is 2.52. The van der Waals surface area contributed by atoms with Crippen LogP contribution in [0.15, 0.2) is 0 Å². The average Bonchev–Trinajstić information content (AvgIpc) is 2.41. The largest absolute Gasteiger partial charge is 0.353 e. The fraction of sp³-hybridized carbons (Fsp3) is 1.00. The van der Waals surface area contributed by atoms with Crippen LogP contribution in [0.1, 0.15) is 52.9 Å². The SMILES string of the molecule is CCC(CC)(COC1CCCCO1)S(=O)(=O)CC. The first-order valence-electron chi connectivity index (χ1n) is 6.97. The molecule has 5 heteroatoms. The number of sulfone groups is 1. The first-order chi connectivity index (χ1) is 8.51. The molecule has 0 amide bonds. The highest BCUT2D eigenvalue weighted by molar-refractivity contribution is 7.92. The van der Waals surface area contributed by atoms with Gasteiger partial charge in [0.25, 0.3) is 0 Å². The minimum atomic E-state index is -3.10. The van der Waals surface area contributed by atoms with Crippen molar-refractivity contribution in [1.82, 2.24) is 0 Å². The van der Waals surface area contributed by atoms with Crippen LogP contribution in [-0.4, -0.2) is 38.4 Å². The molecule has 0 aromatic heterocycles. The van der Waals surface area contributed by atoms with Gasteiger partial charge in [0, 0.05) is 12.4 Å². The maximum absolute atomic E-state index is 12.2. The van der Waals surface area contributed by atoms with Crippen molar-refractivity contribution < 1.29 is 17.9 Å². The zero-order valence-electron chi connectivity index (χ0n) is 11.8. The molecule has 0 aromatic carbocycles. The summed E-state index contributed by atoms with van der Waals surface area (Å²) < 4.78 is 34.9. The Bertz CT molecular complexity index is 327. The van der Waals surface area contributed by atoms with Gasteiger partial charge >= 0.3 is 0 Å². The Morgan fingerprint density at radius 3 is 2.33 bits per heavy atom. The Hall–Kier alpha value is -0.130. The Balaban J connectivity index is 2.67. The molecule has 18 heavy (non-hydrogen) atoms. The summed E-state index contributed by atoms with van der Waals surface area (Å²) in [4.78, 5) is 0. The summed E-state index contributed by atoms with van der Waals surface area (Å²) in [7, 11) is -3.10. The van der Waals surface area contributed by atoms with Gasteiger partial charge in [0.2, 0.25) is 0 Å². The number of rotatable bonds is 7. The van der Waals surface area contributed by atoms with Crippen LogP contribution in [0, 0.1) is 0 Å². The highest BCUT2D eigenvalue weighted by Crippen LogP contribution is 2.28. The molecule has 0 radical (unpaired) electrons. The van der Waals surface area contributed by atoms with E-state index in [0.29, 0.717) is 12.8 Å². The van der Waals surface area contributed by atoms with E-state index in [0.717, 1.165) is 25.9 Å². The smallest absolute Gasteiger partial charge is 0.157 e. The molecular weight excluding hydrogens is 252 g/mol. The van der Waals surface area contributed by atoms with E-state index in [1.165, 1.54) is 0 Å². The zero-order valence-corrected chi connectivity index (χ0v) is 12.6. The molecule has 1 rings (SSSR count). The molecule has 0 aliphatic carbocycles. The lowest BCUT2D eigenvalue weighted by Gasteiger charge is -2.33. The average molecular weight is 278 g/mol. The van der Waals surface area contributed by atoms with E-state index < -0.39 is 14.6 Å². The molecule has 0 spiro atoms. The van der Waals surface area contributed by atoms with E-state index in [9.17, 15) is 8.42 Å². The second-order valence-corrected chi connectivity index (χ2v) is 7.57. The lowest BCUT2D eigenvalue weighted by atomic mass is 10.0. The maximum atomic E-state index is 12.2. The van der Waals surface area contributed by atoms with Crippen LogP contribution >= 0.6 is 0 Å². The van der Waals surface area contributed by atoms with Crippen molar-refractivity contribution in [3.05, 3.63) is 0 Å². The number of ether oxygens (including phenoxy) is 2. The van der Waals surface area contributed by atoms with Crippen LogP contribution in [0.3, 0.4) is 0 Å². The van der Waals surface area contributed by atoms with Gasteiger partial charge in [0.15, 0.2) is 16.1 Å². The Morgan fingerprint density at radius 2 is 1.89 bits per heavy atom. The second-order valence-electron chi connectivity index (χ2n) is 4.90. The molecule has 1 fully saturated rings. The van der Waals surface area contributed by atoms with E-state index >= 15 is 0 Å². The van der Waals surface area contributed by atoms with Gasteiger partial charge in [-0.1, -0.05) is 20.8 Å². The monoisotopic (exact) mass is 278 g/mol. The van der Waals surface area contributed by atoms with Crippen molar-refractivity contribution in [3.8, 4) is 0 Å². The zero-order chi connectivity index (χ0) is 13.6. The van der Waals surface area contributed by atoms with Crippen LogP contribution in [0.25, 0.3) is 0 Å². The standard InChI is InChI=1S/C13H26O4S/c1-4-13(5-2,18(14,15)6-3)11-17-12-9-7-8-10-16-12/h12H,4-11H2,1-3H3. The maximum Gasteiger partial charge on any atom is 0.157 e. The third-order valence-electron chi connectivity index (χ3n) is 4.00. The van der Waals surface area contributed by atoms with Crippen LogP contribution < -0.4 is 0 Å². The third kappa shape index (κ3) is 3.45. The Kier molecular flexibility index (Phi) is 6.08. The molecule has 1 heterocycles. The molecule has 108 valence electrons. The highest BCUT2D eigenvalue weighted by Gasteiger charge is 2.40. The predicted molar refractivity (Wildman–Crippen MR) is 72.3 cm³/mol. The molecule has 1 atom stereocenters. The molecule has 0 bridgehead atoms. The van der Waals surface area contributed by atoms with Crippen molar-refractivity contribution >= 4 is 9.84 Å². The summed E-state index contributed by atoms with van der Waals surface area (Å²) in [5.74, 6) is 0.170. The van der Waals surface area contributed by atoms with E-state index in [1.807, 2.05) is 13.8 Å². The summed E-state index contributed by atoms with van der Waals surface area (Å²) in [6.07, 6.45) is 3.99. The first kappa shape index (κ1) is 15.9. The fourth-order valence-electron chi connectivity index (χ4n) is 2.38. The minimum absolute atomic E-state index is 0.170. The quantitative estimate of drug-likeness (QED) is 0.718. The molecule has 0 N–H and O–H groups in total. The molecule has 1 saturated heterocycles. The van der Waals surface area contributed by atoms with Crippen LogP contribution in [0.5, 0.6) is 0 Å². The number of hydrogen-bond acceptors (Lipinski definition) is 4. The molecule has 1 aliphatic rings. The van der Waals surface area contributed by atoms with Crippen LogP contribution in [0.4, 0.5) is 0 Å². The van der Waals surface area contributed by atoms with Crippen LogP contribution in [-0.2, 0) is 19.3 Å². The Labute approximate surface area is 111 Å². The molecular formula is C13H26O4S. The van der Waals surface area contributed by atoms with Crippen molar-refractivity contribution in [2.24, 2.45) is 0 Å². The van der Waals surface area contributed by atoms with E-state index in [-0.39, 0.29) is 18.6 Å². The van der Waals surface area contributed by atoms with Gasteiger partial charge in [0.1, 0.15) is 0 Å². The summed E-state index contributed by atoms with van der Waals surface area (Å²) >= 11 is 0. The lowest BCUT2D eigenvalue weighted by molar-refractivity contribution is -0.167. The van der Waals surface area contributed by atoms with E-state index in [2.05, 4.69) is 0 Å². The van der Waals surface area contributed by atoms with Gasteiger partial charge in [-0.25, -0.2) is 8.42 Å². The van der Waals surface area contributed by atoms with Crippen molar-refractivity contribution in [2.45, 2.75) is 63.9 Å². The van der Waals surface area contributed by atoms with Crippen molar-refractivity contribution in [1.29, 1.82) is 0 Å². The molecule has 0 saturated carbocycles. The summed E-state index contributed by atoms with van der Waals surface area (Å²) in [5.41, 5.74) is 0. The lowest BCUT2D eigenvalue weighted by Crippen LogP contribution is -2.44. The van der Waals surface area contributed by atoms with Crippen LogP contribution in [0.2, 0.25) is 0 Å². The van der Waals surface area contributed by atoms with E-state index in [1.54, 1.807) is 6.92 Å². The van der Waals surface area contributed by atoms with Gasteiger partial charge in [0.05, 0.1) is 11.4 Å². The van der Waals surface area contributed by atoms with Gasteiger partial charge in [-0.2, -0.15) is 0 Å². The summed E-state index contributed by atoms with van der Waals surface area (Å²) in [5, 5.41) is 0. The normalized spacial score (nSPS) is 22.1. The van der Waals surface area contributed by atoms with E-state index in [4.69, 9.17) is 9.47 Å². The van der Waals surface area contributed by atoms with Gasteiger partial charge in [-0.15, -0.1) is 0 Å². The van der Waals surface area contributed by atoms with Gasteiger partial charge in [-0.05, 0) is 32.1 Å². The Morgan fingerprint density at radius 1 is 1.22 bits per heavy atom. The molecule has 0 aromatic rings. The fourth-order valence-corrected chi connectivity index (χ4v) is 4.12. The first-order valence-corrected chi connectivity index (χ1v) is 8.62. The van der Waals surface area contributed by atoms with Crippen molar-refractivity contribution in [3.63, 3.8) is 0 Å².